The summed E-state index contributed by atoms with van der Waals surface area (Å²) in [5, 5.41) is 28.3. The number of nitrogens with one attached hydrogen (secondary N) is 7. The lowest BCUT2D eigenvalue weighted by molar-refractivity contribution is -0.140. The lowest BCUT2D eigenvalue weighted by atomic mass is 9.99. The zero-order chi connectivity index (χ0) is 53.9. The first-order valence-electron chi connectivity index (χ1n) is 23.9. The molecular weight excluding hydrogens is 931 g/mol. The van der Waals surface area contributed by atoms with Gasteiger partial charge in [0.05, 0.1) is 19.1 Å². The second kappa shape index (κ2) is 31.7. The minimum absolute atomic E-state index is 0.0115. The van der Waals surface area contributed by atoms with Crippen LogP contribution in [0.2, 0.25) is 0 Å². The summed E-state index contributed by atoms with van der Waals surface area (Å²) in [4.78, 5) is 117. The van der Waals surface area contributed by atoms with Gasteiger partial charge in [0.2, 0.25) is 47.3 Å². The third kappa shape index (κ3) is 23.4. The molecule has 0 spiro atoms. The van der Waals surface area contributed by atoms with E-state index >= 15 is 0 Å². The molecular formula is C48H77N15O9. The van der Waals surface area contributed by atoms with E-state index in [-0.39, 0.29) is 94.0 Å². The Balaban J connectivity index is 2.34. The molecule has 398 valence electrons. The predicted molar refractivity (Wildman–Crippen MR) is 273 cm³/mol. The normalized spacial score (nSPS) is 13.4. The number of hydrogen-bond acceptors (Lipinski definition) is 12. The van der Waals surface area contributed by atoms with Crippen LogP contribution in [0.1, 0.15) is 77.3 Å². The molecule has 0 unspecified atom stereocenters. The summed E-state index contributed by atoms with van der Waals surface area (Å²) in [6, 6.07) is 8.48. The maximum absolute atomic E-state index is 14.4. The second-order valence-electron chi connectivity index (χ2n) is 18.2. The van der Waals surface area contributed by atoms with Crippen LogP contribution >= 0.6 is 0 Å². The van der Waals surface area contributed by atoms with E-state index in [2.05, 4.69) is 47.2 Å². The first-order valence-corrected chi connectivity index (χ1v) is 23.9. The Hall–Kier alpha value is -7.50. The molecule has 0 heterocycles. The van der Waals surface area contributed by atoms with Crippen molar-refractivity contribution in [3.63, 3.8) is 0 Å². The lowest BCUT2D eigenvalue weighted by Crippen LogP contribution is -2.59. The minimum atomic E-state index is -1.30. The van der Waals surface area contributed by atoms with Crippen LogP contribution in [0.5, 0.6) is 5.75 Å². The molecule has 0 bridgehead atoms. The first kappa shape index (κ1) is 60.6. The van der Waals surface area contributed by atoms with E-state index in [1.54, 1.807) is 49.5 Å². The fraction of sp³-hybridized carbons (Fsp3) is 0.542. The van der Waals surface area contributed by atoms with Gasteiger partial charge in [0.25, 0.3) is 0 Å². The Morgan fingerprint density at radius 3 is 1.53 bits per heavy atom. The zero-order valence-electron chi connectivity index (χ0n) is 42.2. The number of carbonyl (C=O) groups excluding carboxylic acids is 8. The second-order valence-corrected chi connectivity index (χ2v) is 18.2. The number of aromatic hydroxyl groups is 1. The van der Waals surface area contributed by atoms with E-state index in [1.807, 2.05) is 27.7 Å². The Bertz CT molecular complexity index is 2150. The number of benzene rings is 2. The highest BCUT2D eigenvalue weighted by Gasteiger charge is 2.34. The number of nitrogens with zero attached hydrogens (tertiary/aromatic N) is 3. The molecule has 0 aromatic heterocycles. The highest BCUT2D eigenvalue weighted by molar-refractivity contribution is 5.97. The fourth-order valence-corrected chi connectivity index (χ4v) is 7.31. The Morgan fingerprint density at radius 2 is 1.04 bits per heavy atom. The van der Waals surface area contributed by atoms with E-state index in [9.17, 15) is 43.5 Å². The number of likely N-dealkylation sites (N-methyl/N-ethyl adjacent to an activating group) is 2. The van der Waals surface area contributed by atoms with E-state index < -0.39 is 96.6 Å². The van der Waals surface area contributed by atoms with Gasteiger partial charge in [0.1, 0.15) is 36.0 Å². The van der Waals surface area contributed by atoms with Gasteiger partial charge in [-0.2, -0.15) is 0 Å². The third-order valence-electron chi connectivity index (χ3n) is 11.2. The Labute approximate surface area is 421 Å². The summed E-state index contributed by atoms with van der Waals surface area (Å²) in [5.74, 6) is -5.96. The third-order valence-corrected chi connectivity index (χ3v) is 11.2. The number of rotatable bonds is 32. The van der Waals surface area contributed by atoms with Gasteiger partial charge in [0, 0.05) is 26.6 Å². The van der Waals surface area contributed by atoms with Gasteiger partial charge in [-0.1, -0.05) is 70.2 Å². The Morgan fingerprint density at radius 1 is 0.569 bits per heavy atom. The van der Waals surface area contributed by atoms with Crippen molar-refractivity contribution in [3.8, 4) is 5.75 Å². The summed E-state index contributed by atoms with van der Waals surface area (Å²) >= 11 is 0. The molecule has 0 aliphatic rings. The lowest BCUT2D eigenvalue weighted by Gasteiger charge is -2.30. The molecule has 0 aliphatic carbocycles. The SMILES string of the molecule is CN[C@@H](Cc1ccc(O)cc1)C(=O)NCC(=O)NCC(=O)N(C)[C@@H](Cc1ccccc1)C(=O)N[C@@H](CC(C)C)C(=O)N[C@@H](CCCN=C(N)N)C(=O)N[C@@H](CCCN=C(N)N)C(=O)N[C@@H](CC(C)C)C(N)=O. The summed E-state index contributed by atoms with van der Waals surface area (Å²) in [6.45, 7) is 6.57. The van der Waals surface area contributed by atoms with Crippen molar-refractivity contribution in [3.05, 3.63) is 65.7 Å². The topological polar surface area (TPSA) is 399 Å². The van der Waals surface area contributed by atoms with Crippen molar-refractivity contribution >= 4 is 59.2 Å². The average molecular weight is 1010 g/mol. The van der Waals surface area contributed by atoms with Crippen LogP contribution in [0.25, 0.3) is 0 Å². The minimum Gasteiger partial charge on any atom is -0.508 e. The number of guanidine groups is 2. The van der Waals surface area contributed by atoms with Gasteiger partial charge in [-0.15, -0.1) is 0 Å². The maximum atomic E-state index is 14.4. The summed E-state index contributed by atoms with van der Waals surface area (Å²) in [5.41, 5.74) is 29.1. The first-order chi connectivity index (χ1) is 34.0. The molecule has 0 fully saturated rings. The number of aliphatic imine (C=N–C) groups is 2. The van der Waals surface area contributed by atoms with Crippen LogP contribution in [-0.4, -0.2) is 146 Å². The van der Waals surface area contributed by atoms with Crippen LogP contribution in [0.15, 0.2) is 64.6 Å². The zero-order valence-corrected chi connectivity index (χ0v) is 42.2. The van der Waals surface area contributed by atoms with E-state index in [0.29, 0.717) is 5.56 Å². The number of phenolic OH excluding ortho intramolecular Hbond substituents is 1. The van der Waals surface area contributed by atoms with Crippen molar-refractivity contribution in [1.29, 1.82) is 0 Å². The van der Waals surface area contributed by atoms with E-state index in [0.717, 1.165) is 10.5 Å². The molecule has 8 amide bonds. The highest BCUT2D eigenvalue weighted by atomic mass is 16.3. The van der Waals surface area contributed by atoms with Crippen LogP contribution in [0.3, 0.4) is 0 Å². The number of nitrogens with two attached hydrogens (primary N) is 5. The molecule has 0 aliphatic heterocycles. The van der Waals surface area contributed by atoms with Gasteiger partial charge in [-0.3, -0.25) is 48.3 Å². The molecule has 2 rings (SSSR count). The molecule has 18 N–H and O–H groups in total. The number of carbonyl (C=O) groups is 8. The van der Waals surface area contributed by atoms with E-state index in [1.165, 1.54) is 19.2 Å². The quantitative estimate of drug-likeness (QED) is 0.0204. The summed E-state index contributed by atoms with van der Waals surface area (Å²) in [6.07, 6.45) is 1.06. The molecule has 0 radical (unpaired) electrons. The number of hydrogen-bond donors (Lipinski definition) is 13. The van der Waals surface area contributed by atoms with Gasteiger partial charge < -0.3 is 75.9 Å². The van der Waals surface area contributed by atoms with Crippen molar-refractivity contribution in [2.24, 2.45) is 50.5 Å². The van der Waals surface area contributed by atoms with Gasteiger partial charge in [0.15, 0.2) is 11.9 Å². The van der Waals surface area contributed by atoms with Crippen molar-refractivity contribution < 1.29 is 43.5 Å². The van der Waals surface area contributed by atoms with Crippen LogP contribution < -0.4 is 65.9 Å². The highest BCUT2D eigenvalue weighted by Crippen LogP contribution is 2.14. The molecule has 0 saturated carbocycles. The van der Waals surface area contributed by atoms with Crippen molar-refractivity contribution in [2.45, 2.75) is 115 Å². The van der Waals surface area contributed by atoms with Crippen LogP contribution in [-0.2, 0) is 51.2 Å². The molecule has 0 saturated heterocycles. The molecule has 24 heteroatoms. The molecule has 2 aromatic carbocycles. The van der Waals surface area contributed by atoms with Gasteiger partial charge in [-0.05, 0) is 87.1 Å². The van der Waals surface area contributed by atoms with Crippen LogP contribution in [0.4, 0.5) is 0 Å². The van der Waals surface area contributed by atoms with Crippen LogP contribution in [0, 0.1) is 11.8 Å². The smallest absolute Gasteiger partial charge is 0.243 e. The van der Waals surface area contributed by atoms with Crippen molar-refractivity contribution in [2.75, 3.05) is 40.3 Å². The van der Waals surface area contributed by atoms with Crippen molar-refractivity contribution in [1.82, 2.24) is 42.1 Å². The van der Waals surface area contributed by atoms with E-state index in [4.69, 9.17) is 28.7 Å². The summed E-state index contributed by atoms with van der Waals surface area (Å²) in [7, 11) is 2.98. The number of phenols is 1. The fourth-order valence-electron chi connectivity index (χ4n) is 7.31. The number of primary amides is 1. The Kier molecular flexibility index (Phi) is 26.7. The largest absolute Gasteiger partial charge is 0.508 e. The van der Waals surface area contributed by atoms with Gasteiger partial charge in [-0.25, -0.2) is 0 Å². The summed E-state index contributed by atoms with van der Waals surface area (Å²) < 4.78 is 0. The maximum Gasteiger partial charge on any atom is 0.243 e. The average Bonchev–Trinajstić information content (AvgIpc) is 3.32. The molecule has 6 atom stereocenters. The van der Waals surface area contributed by atoms with Gasteiger partial charge >= 0.3 is 0 Å². The monoisotopic (exact) mass is 1010 g/mol. The molecule has 24 nitrogen and oxygen atoms in total. The standard InChI is InChI=1S/C48H77N15O9/c1-28(2)22-35(41(49)67)61-44(70)34(15-11-21-56-48(52)53)59-43(69)33(14-10-20-55-47(50)51)60-45(71)37(23-29(3)4)62-46(72)38(25-30-12-8-7-9-13-30)63(6)40(66)27-57-39(65)26-58-42(68)36(54-5)24-31-16-18-32(64)19-17-31/h7-9,12-13,16-19,28-29,33-38,54,64H,10-11,14-15,20-27H2,1-6H3,(H2,49,67)(H,57,65)(H,58,68)(H,59,69)(H,60,71)(H,61,70)(H,62,72)(H4,50,51,55)(H4,52,53,56)/t33-,34-,35-,36-,37-,38-/m0/s1. The molecule has 2 aromatic rings. The predicted octanol–water partition coefficient (Wildman–Crippen LogP) is -2.55. The molecule has 72 heavy (non-hydrogen) atoms. The number of amides is 8.